The smallest absolute Gasteiger partial charge is 0.130 e. The monoisotopic (exact) mass is 325 g/mol. The van der Waals surface area contributed by atoms with Gasteiger partial charge in [0.15, 0.2) is 0 Å². The number of likely N-dealkylation sites (N-methyl/N-ethyl adjacent to an activating group) is 1. The molecule has 0 unspecified atom stereocenters. The lowest BCUT2D eigenvalue weighted by Crippen LogP contribution is -2.34. The van der Waals surface area contributed by atoms with E-state index in [1.54, 1.807) is 12.3 Å². The van der Waals surface area contributed by atoms with Crippen LogP contribution in [0.25, 0.3) is 0 Å². The van der Waals surface area contributed by atoms with Crippen molar-refractivity contribution in [2.24, 2.45) is 0 Å². The average molecular weight is 326 g/mol. The zero-order valence-electron chi connectivity index (χ0n) is 13.7. The van der Waals surface area contributed by atoms with Gasteiger partial charge in [0.05, 0.1) is 0 Å². The summed E-state index contributed by atoms with van der Waals surface area (Å²) < 4.78 is 0. The molecule has 1 atom stereocenters. The molecule has 0 saturated carbocycles. The van der Waals surface area contributed by atoms with Crippen molar-refractivity contribution in [2.45, 2.75) is 31.7 Å². The summed E-state index contributed by atoms with van der Waals surface area (Å²) in [5.74, 6) is 6.71. The number of rotatable bonds is 1. The molecule has 3 rings (SSSR count). The van der Waals surface area contributed by atoms with E-state index in [1.165, 1.54) is 0 Å². The first-order chi connectivity index (χ1) is 10.9. The second kappa shape index (κ2) is 6.31. The van der Waals surface area contributed by atoms with Crippen molar-refractivity contribution >= 4 is 11.6 Å². The Labute approximate surface area is 142 Å². The maximum Gasteiger partial charge on any atom is 0.130 e. The Morgan fingerprint density at radius 1 is 1.17 bits per heavy atom. The standard InChI is InChI=1S/C19H20ClN3/c1-19(2)11-16(13-23(19)3)17-7-6-15(12-22-17)5-4-14-8-9-21-18(20)10-14/h6-10,12,16H,11,13H2,1-3H3/t16-/m1/s1. The maximum atomic E-state index is 5.86. The van der Waals surface area contributed by atoms with Crippen molar-refractivity contribution in [1.82, 2.24) is 14.9 Å². The van der Waals surface area contributed by atoms with Crippen LogP contribution in [-0.2, 0) is 0 Å². The van der Waals surface area contributed by atoms with Crippen molar-refractivity contribution in [3.05, 3.63) is 58.6 Å². The van der Waals surface area contributed by atoms with Crippen LogP contribution >= 0.6 is 11.6 Å². The average Bonchev–Trinajstić information content (AvgIpc) is 2.79. The fourth-order valence-electron chi connectivity index (χ4n) is 2.94. The normalized spacial score (nSPS) is 20.1. The van der Waals surface area contributed by atoms with Gasteiger partial charge in [-0.1, -0.05) is 23.4 Å². The summed E-state index contributed by atoms with van der Waals surface area (Å²) in [7, 11) is 2.18. The number of nitrogens with zero attached hydrogens (tertiary/aromatic N) is 3. The number of hydrogen-bond acceptors (Lipinski definition) is 3. The molecule has 3 heterocycles. The molecule has 2 aromatic rings. The predicted octanol–water partition coefficient (Wildman–Crippen LogP) is 3.73. The topological polar surface area (TPSA) is 29.0 Å². The van der Waals surface area contributed by atoms with Crippen LogP contribution in [0.1, 0.15) is 43.0 Å². The van der Waals surface area contributed by atoms with Gasteiger partial charge < -0.3 is 4.90 Å². The second-order valence-corrected chi connectivity index (χ2v) is 7.07. The zero-order chi connectivity index (χ0) is 16.4. The molecule has 2 aromatic heterocycles. The molecule has 23 heavy (non-hydrogen) atoms. The van der Waals surface area contributed by atoms with E-state index in [0.29, 0.717) is 11.1 Å². The third kappa shape index (κ3) is 3.72. The Morgan fingerprint density at radius 3 is 2.57 bits per heavy atom. The summed E-state index contributed by atoms with van der Waals surface area (Å²) in [6, 6.07) is 7.75. The van der Waals surface area contributed by atoms with Gasteiger partial charge in [0, 0.05) is 47.2 Å². The fraction of sp³-hybridized carbons (Fsp3) is 0.368. The van der Waals surface area contributed by atoms with Gasteiger partial charge in [0.25, 0.3) is 0 Å². The van der Waals surface area contributed by atoms with Gasteiger partial charge in [-0.05, 0) is 51.6 Å². The highest BCUT2D eigenvalue weighted by molar-refractivity contribution is 6.29. The molecule has 1 saturated heterocycles. The van der Waals surface area contributed by atoms with Crippen LogP contribution in [-0.4, -0.2) is 34.0 Å². The Morgan fingerprint density at radius 2 is 1.96 bits per heavy atom. The van der Waals surface area contributed by atoms with Crippen LogP contribution in [0, 0.1) is 11.8 Å². The first kappa shape index (κ1) is 16.0. The lowest BCUT2D eigenvalue weighted by Gasteiger charge is -2.26. The molecule has 4 heteroatoms. The molecule has 0 aromatic carbocycles. The number of pyridine rings is 2. The molecule has 1 aliphatic heterocycles. The molecular formula is C19H20ClN3. The quantitative estimate of drug-likeness (QED) is 0.591. The third-order valence-corrected chi connectivity index (χ3v) is 4.76. The maximum absolute atomic E-state index is 5.86. The van der Waals surface area contributed by atoms with Gasteiger partial charge in [-0.15, -0.1) is 0 Å². The Kier molecular flexibility index (Phi) is 4.39. The van der Waals surface area contributed by atoms with Crippen LogP contribution in [0.4, 0.5) is 0 Å². The number of aromatic nitrogens is 2. The second-order valence-electron chi connectivity index (χ2n) is 6.68. The van der Waals surface area contributed by atoms with E-state index in [2.05, 4.69) is 53.7 Å². The van der Waals surface area contributed by atoms with Crippen LogP contribution < -0.4 is 0 Å². The predicted molar refractivity (Wildman–Crippen MR) is 93.5 cm³/mol. The summed E-state index contributed by atoms with van der Waals surface area (Å²) >= 11 is 5.86. The summed E-state index contributed by atoms with van der Waals surface area (Å²) in [4.78, 5) is 11.0. The van der Waals surface area contributed by atoms with Crippen LogP contribution in [0.5, 0.6) is 0 Å². The fourth-order valence-corrected chi connectivity index (χ4v) is 3.12. The number of likely N-dealkylation sites (tertiary alicyclic amines) is 1. The molecule has 0 spiro atoms. The van der Waals surface area contributed by atoms with Crippen molar-refractivity contribution in [2.75, 3.05) is 13.6 Å². The van der Waals surface area contributed by atoms with Crippen molar-refractivity contribution in [1.29, 1.82) is 0 Å². The highest BCUT2D eigenvalue weighted by atomic mass is 35.5. The first-order valence-corrected chi connectivity index (χ1v) is 8.13. The lowest BCUT2D eigenvalue weighted by atomic mass is 9.94. The molecule has 0 N–H and O–H groups in total. The first-order valence-electron chi connectivity index (χ1n) is 7.75. The summed E-state index contributed by atoms with van der Waals surface area (Å²) in [5.41, 5.74) is 3.16. The Hall–Kier alpha value is -1.89. The van der Waals surface area contributed by atoms with Gasteiger partial charge in [0.1, 0.15) is 5.15 Å². The Bertz CT molecular complexity index is 756. The minimum atomic E-state index is 0.242. The molecule has 0 aliphatic carbocycles. The van der Waals surface area contributed by atoms with Crippen molar-refractivity contribution < 1.29 is 0 Å². The van der Waals surface area contributed by atoms with E-state index in [4.69, 9.17) is 11.6 Å². The highest BCUT2D eigenvalue weighted by Gasteiger charge is 2.36. The van der Waals surface area contributed by atoms with Gasteiger partial charge in [0.2, 0.25) is 0 Å². The summed E-state index contributed by atoms with van der Waals surface area (Å²) in [6.07, 6.45) is 4.65. The molecule has 1 aliphatic rings. The lowest BCUT2D eigenvalue weighted by molar-refractivity contribution is 0.218. The van der Waals surface area contributed by atoms with Crippen molar-refractivity contribution in [3.63, 3.8) is 0 Å². The van der Waals surface area contributed by atoms with Gasteiger partial charge in [-0.25, -0.2) is 4.98 Å². The molecule has 3 nitrogen and oxygen atoms in total. The minimum Gasteiger partial charge on any atom is -0.301 e. The Balaban J connectivity index is 1.74. The van der Waals surface area contributed by atoms with E-state index in [-0.39, 0.29) is 5.54 Å². The third-order valence-electron chi connectivity index (χ3n) is 4.56. The molecule has 1 fully saturated rings. The largest absolute Gasteiger partial charge is 0.301 e. The van der Waals surface area contributed by atoms with Gasteiger partial charge in [-0.3, -0.25) is 4.98 Å². The zero-order valence-corrected chi connectivity index (χ0v) is 14.4. The van der Waals surface area contributed by atoms with Crippen LogP contribution in [0.3, 0.4) is 0 Å². The van der Waals surface area contributed by atoms with Crippen molar-refractivity contribution in [3.8, 4) is 11.8 Å². The minimum absolute atomic E-state index is 0.242. The van der Waals surface area contributed by atoms with E-state index < -0.39 is 0 Å². The van der Waals surface area contributed by atoms with Crippen LogP contribution in [0.15, 0.2) is 36.7 Å². The van der Waals surface area contributed by atoms with Gasteiger partial charge in [-0.2, -0.15) is 0 Å². The molecule has 118 valence electrons. The van der Waals surface area contributed by atoms with E-state index >= 15 is 0 Å². The number of hydrogen-bond donors (Lipinski definition) is 0. The number of halogens is 1. The molecule has 0 radical (unpaired) electrons. The SMILES string of the molecule is CN1C[C@H](c2ccc(C#Cc3ccnc(Cl)c3)cn2)CC1(C)C. The van der Waals surface area contributed by atoms with E-state index in [1.807, 2.05) is 18.3 Å². The summed E-state index contributed by atoms with van der Waals surface area (Å²) in [6.45, 7) is 5.62. The van der Waals surface area contributed by atoms with E-state index in [0.717, 1.165) is 29.8 Å². The summed E-state index contributed by atoms with van der Waals surface area (Å²) in [5, 5.41) is 0.457. The molecular weight excluding hydrogens is 306 g/mol. The molecule has 0 bridgehead atoms. The van der Waals surface area contributed by atoms with E-state index in [9.17, 15) is 0 Å². The van der Waals surface area contributed by atoms with Gasteiger partial charge >= 0.3 is 0 Å². The molecule has 0 amide bonds. The highest BCUT2D eigenvalue weighted by Crippen LogP contribution is 2.36. The van der Waals surface area contributed by atoms with Crippen LogP contribution in [0.2, 0.25) is 5.15 Å².